The van der Waals surface area contributed by atoms with E-state index in [0.29, 0.717) is 23.6 Å². The average Bonchev–Trinajstić information content (AvgIpc) is 3.17. The second-order valence-corrected chi connectivity index (χ2v) is 6.94. The third-order valence-electron chi connectivity index (χ3n) is 4.11. The molecular weight excluding hydrogens is 344 g/mol. The first-order valence-electron chi connectivity index (χ1n) is 8.44. The van der Waals surface area contributed by atoms with Gasteiger partial charge in [-0.2, -0.15) is 11.3 Å². The molecule has 1 atom stereocenters. The van der Waals surface area contributed by atoms with E-state index in [-0.39, 0.29) is 11.9 Å². The highest BCUT2D eigenvalue weighted by atomic mass is 32.1. The van der Waals surface area contributed by atoms with E-state index in [2.05, 4.69) is 27.0 Å². The van der Waals surface area contributed by atoms with Gasteiger partial charge in [0.2, 0.25) is 0 Å². The molecule has 1 heterocycles. The molecule has 0 aliphatic carbocycles. The van der Waals surface area contributed by atoms with Gasteiger partial charge in [-0.05, 0) is 60.8 Å². The largest absolute Gasteiger partial charge is 0.457 e. The van der Waals surface area contributed by atoms with E-state index in [0.717, 1.165) is 0 Å². The SMILES string of the molecule is CN(C)C(CNC(=O)c1ccccc1Oc1ccccc1)c1ccsc1. The Morgan fingerprint density at radius 2 is 1.81 bits per heavy atom. The number of rotatable bonds is 7. The van der Waals surface area contributed by atoms with Gasteiger partial charge < -0.3 is 15.0 Å². The molecule has 4 nitrogen and oxygen atoms in total. The standard InChI is InChI=1S/C21H22N2O2S/c1-23(2)19(16-12-13-26-15-16)14-22-21(24)18-10-6-7-11-20(18)25-17-8-4-3-5-9-17/h3-13,15,19H,14H2,1-2H3,(H,22,24). The number of hydrogen-bond acceptors (Lipinski definition) is 4. The number of nitrogens with one attached hydrogen (secondary N) is 1. The summed E-state index contributed by atoms with van der Waals surface area (Å²) < 4.78 is 5.89. The van der Waals surface area contributed by atoms with E-state index in [4.69, 9.17) is 4.74 Å². The van der Waals surface area contributed by atoms with Crippen molar-refractivity contribution in [3.05, 3.63) is 82.6 Å². The maximum absolute atomic E-state index is 12.7. The smallest absolute Gasteiger partial charge is 0.255 e. The lowest BCUT2D eigenvalue weighted by molar-refractivity contribution is 0.0939. The Labute approximate surface area is 158 Å². The molecule has 2 aromatic carbocycles. The van der Waals surface area contributed by atoms with E-state index in [1.165, 1.54) is 5.56 Å². The third-order valence-corrected chi connectivity index (χ3v) is 4.81. The first-order chi connectivity index (χ1) is 12.6. The van der Waals surface area contributed by atoms with Crippen LogP contribution in [0.5, 0.6) is 11.5 Å². The molecule has 1 unspecified atom stereocenters. The molecule has 3 rings (SSSR count). The van der Waals surface area contributed by atoms with Crippen LogP contribution in [0.4, 0.5) is 0 Å². The molecule has 0 aliphatic heterocycles. The van der Waals surface area contributed by atoms with Gasteiger partial charge in [-0.25, -0.2) is 0 Å². The molecule has 0 radical (unpaired) electrons. The number of benzene rings is 2. The van der Waals surface area contributed by atoms with Gasteiger partial charge in [-0.15, -0.1) is 0 Å². The lowest BCUT2D eigenvalue weighted by Crippen LogP contribution is -2.34. The molecule has 0 bridgehead atoms. The molecule has 0 saturated heterocycles. The van der Waals surface area contributed by atoms with Crippen LogP contribution in [0.3, 0.4) is 0 Å². The van der Waals surface area contributed by atoms with Crippen molar-refractivity contribution in [2.45, 2.75) is 6.04 Å². The van der Waals surface area contributed by atoms with Crippen LogP contribution >= 0.6 is 11.3 Å². The van der Waals surface area contributed by atoms with Crippen molar-refractivity contribution in [3.8, 4) is 11.5 Å². The van der Waals surface area contributed by atoms with Crippen LogP contribution in [-0.4, -0.2) is 31.4 Å². The van der Waals surface area contributed by atoms with Crippen molar-refractivity contribution in [1.29, 1.82) is 0 Å². The molecule has 1 N–H and O–H groups in total. The lowest BCUT2D eigenvalue weighted by Gasteiger charge is -2.24. The maximum atomic E-state index is 12.7. The number of hydrogen-bond donors (Lipinski definition) is 1. The summed E-state index contributed by atoms with van der Waals surface area (Å²) in [6.45, 7) is 0.530. The number of amides is 1. The molecule has 3 aromatic rings. The summed E-state index contributed by atoms with van der Waals surface area (Å²) in [4.78, 5) is 14.9. The average molecular weight is 366 g/mol. The minimum absolute atomic E-state index is 0.132. The summed E-state index contributed by atoms with van der Waals surface area (Å²) >= 11 is 1.66. The summed E-state index contributed by atoms with van der Waals surface area (Å²) in [6.07, 6.45) is 0. The molecule has 0 aliphatic rings. The number of para-hydroxylation sites is 2. The highest BCUT2D eigenvalue weighted by molar-refractivity contribution is 7.07. The summed E-state index contributed by atoms with van der Waals surface area (Å²) in [7, 11) is 4.03. The van der Waals surface area contributed by atoms with Gasteiger partial charge in [0.15, 0.2) is 0 Å². The Morgan fingerprint density at radius 3 is 2.50 bits per heavy atom. The predicted molar refractivity (Wildman–Crippen MR) is 106 cm³/mol. The Balaban J connectivity index is 1.72. The Kier molecular flexibility index (Phi) is 6.04. The van der Waals surface area contributed by atoms with Crippen LogP contribution in [0, 0.1) is 0 Å². The zero-order valence-electron chi connectivity index (χ0n) is 14.9. The van der Waals surface area contributed by atoms with E-state index in [1.807, 2.05) is 62.6 Å². The van der Waals surface area contributed by atoms with Crippen LogP contribution in [0.2, 0.25) is 0 Å². The fraction of sp³-hybridized carbons (Fsp3) is 0.190. The highest BCUT2D eigenvalue weighted by Crippen LogP contribution is 2.25. The van der Waals surface area contributed by atoms with Gasteiger partial charge >= 0.3 is 0 Å². The van der Waals surface area contributed by atoms with Crippen molar-refractivity contribution in [3.63, 3.8) is 0 Å². The number of carbonyl (C=O) groups excluding carboxylic acids is 1. The zero-order chi connectivity index (χ0) is 18.4. The van der Waals surface area contributed by atoms with Crippen LogP contribution in [0.1, 0.15) is 22.0 Å². The lowest BCUT2D eigenvalue weighted by atomic mass is 10.1. The van der Waals surface area contributed by atoms with Crippen molar-refractivity contribution in [2.75, 3.05) is 20.6 Å². The molecule has 0 saturated carbocycles. The zero-order valence-corrected chi connectivity index (χ0v) is 15.7. The van der Waals surface area contributed by atoms with E-state index >= 15 is 0 Å². The monoisotopic (exact) mass is 366 g/mol. The molecule has 1 aromatic heterocycles. The number of ether oxygens (including phenoxy) is 1. The predicted octanol–water partition coefficient (Wildman–Crippen LogP) is 4.57. The maximum Gasteiger partial charge on any atom is 0.255 e. The van der Waals surface area contributed by atoms with Gasteiger partial charge in [0.05, 0.1) is 11.6 Å². The van der Waals surface area contributed by atoms with E-state index < -0.39 is 0 Å². The minimum atomic E-state index is -0.140. The topological polar surface area (TPSA) is 41.6 Å². The van der Waals surface area contributed by atoms with Gasteiger partial charge in [0, 0.05) is 6.54 Å². The van der Waals surface area contributed by atoms with Crippen LogP contribution < -0.4 is 10.1 Å². The van der Waals surface area contributed by atoms with Crippen molar-refractivity contribution in [2.24, 2.45) is 0 Å². The first-order valence-corrected chi connectivity index (χ1v) is 9.38. The summed E-state index contributed by atoms with van der Waals surface area (Å²) in [5, 5.41) is 7.21. The van der Waals surface area contributed by atoms with Gasteiger partial charge in [-0.3, -0.25) is 4.79 Å². The molecule has 26 heavy (non-hydrogen) atoms. The Bertz CT molecular complexity index is 832. The summed E-state index contributed by atoms with van der Waals surface area (Å²) in [6, 6.07) is 19.0. The van der Waals surface area contributed by atoms with Crippen molar-refractivity contribution < 1.29 is 9.53 Å². The first kappa shape index (κ1) is 18.2. The van der Waals surface area contributed by atoms with Gasteiger partial charge in [-0.1, -0.05) is 30.3 Å². The van der Waals surface area contributed by atoms with Crippen LogP contribution in [0.15, 0.2) is 71.4 Å². The molecule has 0 fully saturated rings. The van der Waals surface area contributed by atoms with Crippen molar-refractivity contribution in [1.82, 2.24) is 10.2 Å². The van der Waals surface area contributed by atoms with Crippen LogP contribution in [0.25, 0.3) is 0 Å². The van der Waals surface area contributed by atoms with Gasteiger partial charge in [0.25, 0.3) is 5.91 Å². The van der Waals surface area contributed by atoms with Crippen molar-refractivity contribution >= 4 is 17.2 Å². The van der Waals surface area contributed by atoms with Gasteiger partial charge in [0.1, 0.15) is 11.5 Å². The molecule has 5 heteroatoms. The number of carbonyl (C=O) groups is 1. The normalized spacial score (nSPS) is 12.0. The van der Waals surface area contributed by atoms with E-state index in [1.54, 1.807) is 17.4 Å². The Morgan fingerprint density at radius 1 is 1.08 bits per heavy atom. The second kappa shape index (κ2) is 8.65. The molecular formula is C21H22N2O2S. The van der Waals surface area contributed by atoms with Crippen LogP contribution in [-0.2, 0) is 0 Å². The summed E-state index contributed by atoms with van der Waals surface area (Å²) in [5.74, 6) is 1.11. The highest BCUT2D eigenvalue weighted by Gasteiger charge is 2.18. The fourth-order valence-corrected chi connectivity index (χ4v) is 3.41. The number of nitrogens with zero attached hydrogens (tertiary/aromatic N) is 1. The summed E-state index contributed by atoms with van der Waals surface area (Å²) in [5.41, 5.74) is 1.73. The van der Waals surface area contributed by atoms with E-state index in [9.17, 15) is 4.79 Å². The minimum Gasteiger partial charge on any atom is -0.457 e. The number of likely N-dealkylation sites (N-methyl/N-ethyl adjacent to an activating group) is 1. The number of thiophene rings is 1. The third kappa shape index (κ3) is 4.50. The quantitative estimate of drug-likeness (QED) is 0.666. The second-order valence-electron chi connectivity index (χ2n) is 6.16. The Hall–Kier alpha value is -2.63. The molecule has 0 spiro atoms. The molecule has 134 valence electrons. The molecule has 1 amide bonds. The fourth-order valence-electron chi connectivity index (χ4n) is 2.71.